The van der Waals surface area contributed by atoms with Crippen molar-refractivity contribution in [1.29, 1.82) is 0 Å². The third-order valence-corrected chi connectivity index (χ3v) is 3.95. The number of hydrogen-bond acceptors (Lipinski definition) is 3. The lowest BCUT2D eigenvalue weighted by Gasteiger charge is -2.20. The van der Waals surface area contributed by atoms with Crippen LogP contribution in [-0.4, -0.2) is 32.9 Å². The van der Waals surface area contributed by atoms with Crippen LogP contribution in [0.4, 0.5) is 5.69 Å². The van der Waals surface area contributed by atoms with E-state index in [0.717, 1.165) is 6.26 Å². The lowest BCUT2D eigenvalue weighted by Crippen LogP contribution is -2.38. The predicted molar refractivity (Wildman–Crippen MR) is 64.2 cm³/mol. The molecule has 1 amide bonds. The van der Waals surface area contributed by atoms with E-state index in [1.54, 1.807) is 31.3 Å². The molecule has 88 valence electrons. The zero-order valence-electron chi connectivity index (χ0n) is 9.54. The number of amides is 1. The third-order valence-electron chi connectivity index (χ3n) is 2.46. The Labute approximate surface area is 95.8 Å². The van der Waals surface area contributed by atoms with Gasteiger partial charge in [-0.1, -0.05) is 18.2 Å². The summed E-state index contributed by atoms with van der Waals surface area (Å²) in [6, 6.07) is 8.94. The van der Waals surface area contributed by atoms with Crippen molar-refractivity contribution in [2.75, 3.05) is 18.2 Å². The number of carbonyl (C=O) groups excluding carboxylic acids is 1. The zero-order chi connectivity index (χ0) is 12.3. The van der Waals surface area contributed by atoms with E-state index in [1.807, 2.05) is 6.07 Å². The lowest BCUT2D eigenvalue weighted by molar-refractivity contribution is -0.117. The molecule has 0 aliphatic heterocycles. The summed E-state index contributed by atoms with van der Waals surface area (Å²) in [5.41, 5.74) is 0.683. The second-order valence-corrected chi connectivity index (χ2v) is 6.07. The van der Waals surface area contributed by atoms with Crippen molar-refractivity contribution >= 4 is 21.4 Å². The van der Waals surface area contributed by atoms with Crippen molar-refractivity contribution in [3.8, 4) is 0 Å². The molecule has 1 aromatic carbocycles. The van der Waals surface area contributed by atoms with Gasteiger partial charge in [-0.2, -0.15) is 0 Å². The fraction of sp³-hybridized carbons (Fsp3) is 0.364. The Morgan fingerprint density at radius 3 is 2.19 bits per heavy atom. The normalized spacial score (nSPS) is 13.2. The fourth-order valence-electron chi connectivity index (χ4n) is 1.23. The minimum Gasteiger partial charge on any atom is -0.314 e. The van der Waals surface area contributed by atoms with Crippen LogP contribution in [0.2, 0.25) is 0 Å². The van der Waals surface area contributed by atoms with E-state index in [4.69, 9.17) is 0 Å². The van der Waals surface area contributed by atoms with Gasteiger partial charge in [0.05, 0.1) is 0 Å². The SMILES string of the molecule is C[C@@H](C(=O)N(C)c1ccccc1)S(C)(=O)=O. The second kappa shape index (κ2) is 4.65. The van der Waals surface area contributed by atoms with Gasteiger partial charge in [-0.3, -0.25) is 4.79 Å². The molecule has 5 heteroatoms. The Bertz CT molecular complexity index is 467. The first-order valence-corrected chi connectivity index (χ1v) is 6.81. The van der Waals surface area contributed by atoms with Crippen LogP contribution in [0, 0.1) is 0 Å². The molecular weight excluding hydrogens is 226 g/mol. The first-order valence-electron chi connectivity index (χ1n) is 4.85. The van der Waals surface area contributed by atoms with Crippen LogP contribution in [0.1, 0.15) is 6.92 Å². The van der Waals surface area contributed by atoms with E-state index in [2.05, 4.69) is 0 Å². The van der Waals surface area contributed by atoms with Crippen LogP contribution in [0.25, 0.3) is 0 Å². The summed E-state index contributed by atoms with van der Waals surface area (Å²) in [6.07, 6.45) is 1.06. The van der Waals surface area contributed by atoms with Gasteiger partial charge >= 0.3 is 0 Å². The summed E-state index contributed by atoms with van der Waals surface area (Å²) in [7, 11) is -1.78. The summed E-state index contributed by atoms with van der Waals surface area (Å²) < 4.78 is 22.5. The number of carbonyl (C=O) groups is 1. The molecule has 1 rings (SSSR count). The third kappa shape index (κ3) is 2.82. The van der Waals surface area contributed by atoms with Crippen molar-refractivity contribution in [1.82, 2.24) is 0 Å². The smallest absolute Gasteiger partial charge is 0.244 e. The highest BCUT2D eigenvalue weighted by molar-refractivity contribution is 7.92. The quantitative estimate of drug-likeness (QED) is 0.795. The fourth-order valence-corrected chi connectivity index (χ4v) is 1.76. The number of rotatable bonds is 3. The first kappa shape index (κ1) is 12.7. The summed E-state index contributed by atoms with van der Waals surface area (Å²) >= 11 is 0. The van der Waals surface area contributed by atoms with Crippen LogP contribution in [-0.2, 0) is 14.6 Å². The van der Waals surface area contributed by atoms with Crippen LogP contribution in [0.15, 0.2) is 30.3 Å². The maximum absolute atomic E-state index is 11.8. The molecule has 0 unspecified atom stereocenters. The van der Waals surface area contributed by atoms with Crippen LogP contribution in [0.3, 0.4) is 0 Å². The minimum atomic E-state index is -3.35. The van der Waals surface area contributed by atoms with Gasteiger partial charge in [0.2, 0.25) is 5.91 Å². The maximum atomic E-state index is 11.8. The van der Waals surface area contributed by atoms with E-state index in [0.29, 0.717) is 5.69 Å². The van der Waals surface area contributed by atoms with E-state index in [1.165, 1.54) is 11.8 Å². The standard InChI is InChI=1S/C11H15NO3S/c1-9(16(3,14)15)11(13)12(2)10-7-5-4-6-8-10/h4-9H,1-3H3/t9-/m0/s1. The molecule has 0 N–H and O–H groups in total. The molecule has 0 spiro atoms. The Morgan fingerprint density at radius 1 is 1.25 bits per heavy atom. The van der Waals surface area contributed by atoms with Gasteiger partial charge in [-0.25, -0.2) is 8.42 Å². The summed E-state index contributed by atoms with van der Waals surface area (Å²) in [4.78, 5) is 13.2. The molecule has 0 aliphatic rings. The van der Waals surface area contributed by atoms with Crippen LogP contribution >= 0.6 is 0 Å². The number of nitrogens with zero attached hydrogens (tertiary/aromatic N) is 1. The van der Waals surface area contributed by atoms with Gasteiger partial charge in [0.15, 0.2) is 9.84 Å². The van der Waals surface area contributed by atoms with Gasteiger partial charge in [-0.15, -0.1) is 0 Å². The summed E-state index contributed by atoms with van der Waals surface area (Å²) in [6.45, 7) is 1.40. The average Bonchev–Trinajstić information content (AvgIpc) is 2.26. The van der Waals surface area contributed by atoms with Gasteiger partial charge in [0.25, 0.3) is 0 Å². The molecule has 1 atom stereocenters. The zero-order valence-corrected chi connectivity index (χ0v) is 10.4. The topological polar surface area (TPSA) is 54.5 Å². The summed E-state index contributed by atoms with van der Waals surface area (Å²) in [5, 5.41) is -1.02. The van der Waals surface area contributed by atoms with Gasteiger partial charge in [-0.05, 0) is 19.1 Å². The number of hydrogen-bond donors (Lipinski definition) is 0. The highest BCUT2D eigenvalue weighted by Gasteiger charge is 2.26. The Morgan fingerprint density at radius 2 is 1.75 bits per heavy atom. The molecule has 0 heterocycles. The van der Waals surface area contributed by atoms with E-state index >= 15 is 0 Å². The van der Waals surface area contributed by atoms with E-state index in [9.17, 15) is 13.2 Å². The Balaban J connectivity index is 2.92. The number of sulfone groups is 1. The predicted octanol–water partition coefficient (Wildman–Crippen LogP) is 1.08. The number of anilines is 1. The molecule has 0 bridgehead atoms. The summed E-state index contributed by atoms with van der Waals surface area (Å²) in [5.74, 6) is -0.422. The van der Waals surface area contributed by atoms with E-state index in [-0.39, 0.29) is 0 Å². The molecule has 0 fully saturated rings. The molecule has 1 aromatic rings. The minimum absolute atomic E-state index is 0.422. The monoisotopic (exact) mass is 241 g/mol. The second-order valence-electron chi connectivity index (χ2n) is 3.70. The molecule has 0 saturated carbocycles. The van der Waals surface area contributed by atoms with Crippen molar-refractivity contribution in [3.05, 3.63) is 30.3 Å². The number of para-hydroxylation sites is 1. The van der Waals surface area contributed by atoms with Crippen molar-refractivity contribution in [2.45, 2.75) is 12.2 Å². The van der Waals surface area contributed by atoms with Gasteiger partial charge < -0.3 is 4.90 Å². The molecule has 0 aromatic heterocycles. The molecule has 16 heavy (non-hydrogen) atoms. The molecule has 0 saturated heterocycles. The highest BCUT2D eigenvalue weighted by atomic mass is 32.2. The number of benzene rings is 1. The van der Waals surface area contributed by atoms with Gasteiger partial charge in [0, 0.05) is 19.0 Å². The lowest BCUT2D eigenvalue weighted by atomic mass is 10.3. The van der Waals surface area contributed by atoms with Crippen LogP contribution < -0.4 is 4.90 Å². The van der Waals surface area contributed by atoms with Gasteiger partial charge in [0.1, 0.15) is 5.25 Å². The Kier molecular flexibility index (Phi) is 3.70. The molecule has 0 radical (unpaired) electrons. The van der Waals surface area contributed by atoms with E-state index < -0.39 is 21.0 Å². The molecular formula is C11H15NO3S. The Hall–Kier alpha value is -1.36. The first-order chi connectivity index (χ1) is 7.34. The molecule has 4 nitrogen and oxygen atoms in total. The maximum Gasteiger partial charge on any atom is 0.244 e. The van der Waals surface area contributed by atoms with Crippen molar-refractivity contribution < 1.29 is 13.2 Å². The molecule has 0 aliphatic carbocycles. The van der Waals surface area contributed by atoms with Crippen molar-refractivity contribution in [2.24, 2.45) is 0 Å². The largest absolute Gasteiger partial charge is 0.314 e. The average molecular weight is 241 g/mol. The highest BCUT2D eigenvalue weighted by Crippen LogP contribution is 2.14. The van der Waals surface area contributed by atoms with Crippen LogP contribution in [0.5, 0.6) is 0 Å². The van der Waals surface area contributed by atoms with Crippen molar-refractivity contribution in [3.63, 3.8) is 0 Å².